The Labute approximate surface area is 117 Å². The summed E-state index contributed by atoms with van der Waals surface area (Å²) in [5.74, 6) is -0.401. The zero-order valence-electron chi connectivity index (χ0n) is 11.5. The summed E-state index contributed by atoms with van der Waals surface area (Å²) in [7, 11) is 0. The zero-order valence-corrected chi connectivity index (χ0v) is 11.5. The first-order valence-corrected chi connectivity index (χ1v) is 6.59. The first-order chi connectivity index (χ1) is 9.65. The molecule has 0 saturated heterocycles. The van der Waals surface area contributed by atoms with E-state index >= 15 is 0 Å². The van der Waals surface area contributed by atoms with Crippen LogP contribution in [0.5, 0.6) is 0 Å². The molecule has 0 fully saturated rings. The van der Waals surface area contributed by atoms with E-state index in [0.29, 0.717) is 30.8 Å². The maximum atomic E-state index is 12.1. The molecule has 1 aromatic rings. The SMILES string of the molecule is CCOC(=O)C1=C(Cn2ccnc2)NC(=O)NC1CC. The Morgan fingerprint density at radius 1 is 1.50 bits per heavy atom. The van der Waals surface area contributed by atoms with Crippen LogP contribution in [0.3, 0.4) is 0 Å². The first kappa shape index (κ1) is 14.1. The summed E-state index contributed by atoms with van der Waals surface area (Å²) in [4.78, 5) is 27.7. The number of carbonyl (C=O) groups is 2. The monoisotopic (exact) mass is 278 g/mol. The summed E-state index contributed by atoms with van der Waals surface area (Å²) in [6.07, 6.45) is 5.66. The largest absolute Gasteiger partial charge is 0.463 e. The van der Waals surface area contributed by atoms with Gasteiger partial charge in [0.1, 0.15) is 0 Å². The average Bonchev–Trinajstić information content (AvgIpc) is 2.91. The van der Waals surface area contributed by atoms with Crippen molar-refractivity contribution in [3.05, 3.63) is 30.0 Å². The fourth-order valence-corrected chi connectivity index (χ4v) is 2.15. The van der Waals surface area contributed by atoms with Gasteiger partial charge in [-0.05, 0) is 13.3 Å². The van der Waals surface area contributed by atoms with Crippen LogP contribution in [-0.4, -0.2) is 34.2 Å². The number of esters is 1. The van der Waals surface area contributed by atoms with Gasteiger partial charge < -0.3 is 19.9 Å². The number of nitrogens with zero attached hydrogens (tertiary/aromatic N) is 2. The molecule has 0 aliphatic carbocycles. The molecule has 2 heterocycles. The molecule has 2 N–H and O–H groups in total. The van der Waals surface area contributed by atoms with Crippen LogP contribution in [0.1, 0.15) is 20.3 Å². The molecule has 1 aliphatic heterocycles. The molecular weight excluding hydrogens is 260 g/mol. The van der Waals surface area contributed by atoms with Crippen molar-refractivity contribution in [3.8, 4) is 0 Å². The molecule has 7 heteroatoms. The van der Waals surface area contributed by atoms with Crippen LogP contribution < -0.4 is 10.6 Å². The van der Waals surface area contributed by atoms with Gasteiger partial charge in [-0.1, -0.05) is 6.92 Å². The minimum absolute atomic E-state index is 0.297. The molecule has 1 atom stereocenters. The topological polar surface area (TPSA) is 85.2 Å². The van der Waals surface area contributed by atoms with Gasteiger partial charge in [0.05, 0.1) is 36.8 Å². The molecule has 0 aromatic carbocycles. The average molecular weight is 278 g/mol. The van der Waals surface area contributed by atoms with Gasteiger partial charge >= 0.3 is 12.0 Å². The molecule has 0 radical (unpaired) electrons. The second kappa shape index (κ2) is 6.23. The van der Waals surface area contributed by atoms with E-state index in [9.17, 15) is 9.59 Å². The highest BCUT2D eigenvalue weighted by Crippen LogP contribution is 2.18. The Bertz CT molecular complexity index is 522. The van der Waals surface area contributed by atoms with E-state index in [1.165, 1.54) is 0 Å². The normalized spacial score (nSPS) is 18.5. The van der Waals surface area contributed by atoms with Crippen LogP contribution in [0, 0.1) is 0 Å². The molecule has 2 rings (SSSR count). The Balaban J connectivity index is 2.34. The molecule has 7 nitrogen and oxygen atoms in total. The van der Waals surface area contributed by atoms with Crippen molar-refractivity contribution in [2.45, 2.75) is 32.9 Å². The summed E-state index contributed by atoms with van der Waals surface area (Å²) in [5, 5.41) is 5.42. The number of rotatable bonds is 5. The molecular formula is C13H18N4O3. The summed E-state index contributed by atoms with van der Waals surface area (Å²) in [6.45, 7) is 4.33. The highest BCUT2D eigenvalue weighted by molar-refractivity contribution is 5.94. The molecule has 2 amide bonds. The van der Waals surface area contributed by atoms with Gasteiger partial charge in [0.25, 0.3) is 0 Å². The number of hydrogen-bond acceptors (Lipinski definition) is 4. The maximum absolute atomic E-state index is 12.1. The lowest BCUT2D eigenvalue weighted by Gasteiger charge is -2.28. The van der Waals surface area contributed by atoms with E-state index in [1.807, 2.05) is 6.92 Å². The van der Waals surface area contributed by atoms with Gasteiger partial charge in [-0.2, -0.15) is 0 Å². The fraction of sp³-hybridized carbons (Fsp3) is 0.462. The predicted octanol–water partition coefficient (Wildman–Crippen LogP) is 0.792. The van der Waals surface area contributed by atoms with Crippen LogP contribution >= 0.6 is 0 Å². The summed E-state index contributed by atoms with van der Waals surface area (Å²) in [5.41, 5.74) is 1.03. The number of carbonyl (C=O) groups excluding carboxylic acids is 2. The second-order valence-corrected chi connectivity index (χ2v) is 4.41. The van der Waals surface area contributed by atoms with Crippen molar-refractivity contribution in [1.29, 1.82) is 0 Å². The Hall–Kier alpha value is -2.31. The Kier molecular flexibility index (Phi) is 4.39. The fourth-order valence-electron chi connectivity index (χ4n) is 2.15. The van der Waals surface area contributed by atoms with Crippen molar-refractivity contribution < 1.29 is 14.3 Å². The molecule has 108 valence electrons. The number of allylic oxidation sites excluding steroid dienone is 1. The minimum Gasteiger partial charge on any atom is -0.463 e. The van der Waals surface area contributed by atoms with Crippen molar-refractivity contribution in [2.75, 3.05) is 6.61 Å². The smallest absolute Gasteiger partial charge is 0.337 e. The molecule has 20 heavy (non-hydrogen) atoms. The molecule has 0 bridgehead atoms. The third kappa shape index (κ3) is 2.98. The van der Waals surface area contributed by atoms with Crippen molar-refractivity contribution in [3.63, 3.8) is 0 Å². The molecule has 0 spiro atoms. The van der Waals surface area contributed by atoms with E-state index in [0.717, 1.165) is 0 Å². The predicted molar refractivity (Wildman–Crippen MR) is 71.6 cm³/mol. The molecule has 1 unspecified atom stereocenters. The minimum atomic E-state index is -0.401. The van der Waals surface area contributed by atoms with Crippen LogP contribution in [-0.2, 0) is 16.1 Å². The summed E-state index contributed by atoms with van der Waals surface area (Å²) < 4.78 is 6.87. The van der Waals surface area contributed by atoms with Crippen LogP contribution in [0.2, 0.25) is 0 Å². The number of hydrogen-bond donors (Lipinski definition) is 2. The van der Waals surface area contributed by atoms with Gasteiger partial charge in [0.2, 0.25) is 0 Å². The standard InChI is InChI=1S/C13H18N4O3/c1-3-9-11(12(18)20-4-2)10(16-13(19)15-9)7-17-6-5-14-8-17/h5-6,8-9H,3-4,7H2,1-2H3,(H2,15,16,19). The number of amides is 2. The Morgan fingerprint density at radius 2 is 2.30 bits per heavy atom. The highest BCUT2D eigenvalue weighted by Gasteiger charge is 2.31. The number of nitrogens with one attached hydrogen (secondary N) is 2. The van der Waals surface area contributed by atoms with E-state index in [1.54, 1.807) is 30.2 Å². The van der Waals surface area contributed by atoms with Gasteiger partial charge in [-0.15, -0.1) is 0 Å². The zero-order chi connectivity index (χ0) is 14.5. The van der Waals surface area contributed by atoms with Crippen LogP contribution in [0.25, 0.3) is 0 Å². The lowest BCUT2D eigenvalue weighted by molar-refractivity contribution is -0.139. The van der Waals surface area contributed by atoms with E-state index < -0.39 is 5.97 Å². The Morgan fingerprint density at radius 3 is 2.90 bits per heavy atom. The number of urea groups is 1. The summed E-state index contributed by atoms with van der Waals surface area (Å²) in [6, 6.07) is -0.638. The van der Waals surface area contributed by atoms with E-state index in [2.05, 4.69) is 15.6 Å². The molecule has 1 aliphatic rings. The number of aromatic nitrogens is 2. The quantitative estimate of drug-likeness (QED) is 0.780. The van der Waals surface area contributed by atoms with Crippen molar-refractivity contribution in [2.24, 2.45) is 0 Å². The van der Waals surface area contributed by atoms with Crippen molar-refractivity contribution in [1.82, 2.24) is 20.2 Å². The van der Waals surface area contributed by atoms with Gasteiger partial charge in [-0.3, -0.25) is 0 Å². The van der Waals surface area contributed by atoms with Gasteiger partial charge in [0.15, 0.2) is 0 Å². The van der Waals surface area contributed by atoms with Gasteiger partial charge in [-0.25, -0.2) is 14.6 Å². The molecule has 0 saturated carbocycles. The van der Waals surface area contributed by atoms with E-state index in [4.69, 9.17) is 4.74 Å². The number of imidazole rings is 1. The number of ether oxygens (including phenoxy) is 1. The maximum Gasteiger partial charge on any atom is 0.337 e. The first-order valence-electron chi connectivity index (χ1n) is 6.59. The second-order valence-electron chi connectivity index (χ2n) is 4.41. The van der Waals surface area contributed by atoms with Crippen molar-refractivity contribution >= 4 is 12.0 Å². The van der Waals surface area contributed by atoms with E-state index in [-0.39, 0.29) is 12.1 Å². The lowest BCUT2D eigenvalue weighted by atomic mass is 10.00. The highest BCUT2D eigenvalue weighted by atomic mass is 16.5. The lowest BCUT2D eigenvalue weighted by Crippen LogP contribution is -2.50. The van der Waals surface area contributed by atoms with Gasteiger partial charge in [0, 0.05) is 12.4 Å². The van der Waals surface area contributed by atoms with Crippen LogP contribution in [0.4, 0.5) is 4.79 Å². The summed E-state index contributed by atoms with van der Waals surface area (Å²) >= 11 is 0. The molecule has 1 aromatic heterocycles. The van der Waals surface area contributed by atoms with Crippen LogP contribution in [0.15, 0.2) is 30.0 Å². The third-order valence-corrected chi connectivity index (χ3v) is 3.05. The third-order valence-electron chi connectivity index (χ3n) is 3.05.